The van der Waals surface area contributed by atoms with Gasteiger partial charge < -0.3 is 15.6 Å². The summed E-state index contributed by atoms with van der Waals surface area (Å²) in [6.45, 7) is 9.54. The van der Waals surface area contributed by atoms with Gasteiger partial charge in [0.25, 0.3) is 5.56 Å². The molecule has 1 N–H and O–H groups in total. The Hall–Kier alpha value is -2.70. The molecule has 1 aliphatic rings. The number of H-pyrrole nitrogens is 1. The predicted molar refractivity (Wildman–Crippen MR) is 97.3 cm³/mol. The number of allylic oxidation sites excluding steroid dienone is 2. The number of pyridine rings is 1. The minimum absolute atomic E-state index is 0.0556. The standard InChI is InChI=1S/C19H22N3O4/c1-8(2)6-9(3)7-10(4)12-11(5)19(26)21-14-13(12)16(23)15(22-20)18(25)17(14)24/h7-9,15H,6H2,1-5H3,(H,21,26)/q-1/b10-7+/t9-,15?/m1/s1. The SMILES string of the molecule is C/C(=C\[C@H](C)CC(C)C)c1c2c([nH]c(=O)c1C)C(=O)C(=O)C(N=[N-])C2=O. The summed E-state index contributed by atoms with van der Waals surface area (Å²) < 4.78 is 0. The number of carbonyl (C=O) groups excluding carboxylic acids is 3. The van der Waals surface area contributed by atoms with Crippen LogP contribution in [0.5, 0.6) is 0 Å². The number of hydrogen-bond acceptors (Lipinski definition) is 5. The maximum Gasteiger partial charge on any atom is 0.252 e. The molecule has 1 aromatic heterocycles. The van der Waals surface area contributed by atoms with Crippen LogP contribution in [0, 0.1) is 18.8 Å². The van der Waals surface area contributed by atoms with Crippen LogP contribution in [0.3, 0.4) is 0 Å². The molecule has 7 nitrogen and oxygen atoms in total. The topological polar surface area (TPSA) is 119 Å². The van der Waals surface area contributed by atoms with Gasteiger partial charge in [-0.15, -0.1) is 0 Å². The molecule has 7 heteroatoms. The lowest BCUT2D eigenvalue weighted by Gasteiger charge is -2.24. The van der Waals surface area contributed by atoms with Crippen molar-refractivity contribution < 1.29 is 14.4 Å². The van der Waals surface area contributed by atoms with E-state index in [0.717, 1.165) is 6.42 Å². The summed E-state index contributed by atoms with van der Waals surface area (Å²) in [6, 6.07) is -1.78. The lowest BCUT2D eigenvalue weighted by atomic mass is 9.82. The Bertz CT molecular complexity index is 893. The molecule has 0 aliphatic heterocycles. The summed E-state index contributed by atoms with van der Waals surface area (Å²) in [4.78, 5) is 51.5. The Balaban J connectivity index is 2.74. The molecule has 1 aliphatic carbocycles. The number of Topliss-reactive ketones (excluding diaryl/α,β-unsaturated/α-hetero) is 3. The second kappa shape index (κ2) is 7.27. The minimum atomic E-state index is -1.78. The molecule has 138 valence electrons. The molecular formula is C19H22N3O4-. The van der Waals surface area contributed by atoms with Gasteiger partial charge in [0, 0.05) is 5.56 Å². The molecule has 0 saturated heterocycles. The van der Waals surface area contributed by atoms with E-state index in [2.05, 4.69) is 23.9 Å². The average Bonchev–Trinajstić information content (AvgIpc) is 2.54. The van der Waals surface area contributed by atoms with Gasteiger partial charge in [0.05, 0.1) is 5.56 Å². The third-order valence-electron chi connectivity index (χ3n) is 4.54. The van der Waals surface area contributed by atoms with Gasteiger partial charge >= 0.3 is 0 Å². The predicted octanol–water partition coefficient (Wildman–Crippen LogP) is 3.11. The van der Waals surface area contributed by atoms with Crippen LogP contribution in [0.25, 0.3) is 11.1 Å². The van der Waals surface area contributed by atoms with Crippen molar-refractivity contribution in [2.75, 3.05) is 0 Å². The third kappa shape index (κ3) is 3.34. The zero-order valence-electron chi connectivity index (χ0n) is 15.5. The van der Waals surface area contributed by atoms with Crippen LogP contribution in [0.1, 0.15) is 66.1 Å². The van der Waals surface area contributed by atoms with E-state index in [1.165, 1.54) is 0 Å². The maximum atomic E-state index is 12.7. The molecular weight excluding hydrogens is 334 g/mol. The summed E-state index contributed by atoms with van der Waals surface area (Å²) in [5.74, 6) is -2.29. The van der Waals surface area contributed by atoms with Crippen LogP contribution in [0.2, 0.25) is 0 Å². The first-order chi connectivity index (χ1) is 12.1. The fourth-order valence-electron chi connectivity index (χ4n) is 3.54. The number of rotatable bonds is 5. The van der Waals surface area contributed by atoms with E-state index < -0.39 is 29.0 Å². The summed E-state index contributed by atoms with van der Waals surface area (Å²) in [5, 5.41) is 2.78. The van der Waals surface area contributed by atoms with Crippen LogP contribution in [-0.2, 0) is 4.79 Å². The van der Waals surface area contributed by atoms with E-state index in [0.29, 0.717) is 17.1 Å². The zero-order valence-corrected chi connectivity index (χ0v) is 15.5. The number of carbonyl (C=O) groups is 3. The highest BCUT2D eigenvalue weighted by Gasteiger charge is 2.41. The van der Waals surface area contributed by atoms with Gasteiger partial charge in [0.2, 0.25) is 11.6 Å². The van der Waals surface area contributed by atoms with Crippen molar-refractivity contribution in [3.05, 3.63) is 44.3 Å². The number of aromatic amines is 1. The maximum absolute atomic E-state index is 12.7. The van der Waals surface area contributed by atoms with E-state index in [4.69, 9.17) is 5.53 Å². The average molecular weight is 356 g/mol. The Morgan fingerprint density at radius 2 is 1.81 bits per heavy atom. The van der Waals surface area contributed by atoms with Crippen LogP contribution in [-0.4, -0.2) is 28.4 Å². The molecule has 0 bridgehead atoms. The molecule has 0 fully saturated rings. The van der Waals surface area contributed by atoms with Crippen molar-refractivity contribution >= 4 is 22.9 Å². The van der Waals surface area contributed by atoms with Gasteiger partial charge in [0.1, 0.15) is 5.69 Å². The van der Waals surface area contributed by atoms with E-state index in [1.807, 2.05) is 13.0 Å². The first-order valence-electron chi connectivity index (χ1n) is 8.52. The second-order valence-corrected chi connectivity index (χ2v) is 7.24. The van der Waals surface area contributed by atoms with Gasteiger partial charge in [-0.05, 0) is 43.2 Å². The molecule has 0 radical (unpaired) electrons. The number of hydrogen-bond donors (Lipinski definition) is 1. The molecule has 1 heterocycles. The minimum Gasteiger partial charge on any atom is -0.711 e. The lowest BCUT2D eigenvalue weighted by molar-refractivity contribution is -0.115. The summed E-state index contributed by atoms with van der Waals surface area (Å²) >= 11 is 0. The first-order valence-corrected chi connectivity index (χ1v) is 8.52. The lowest BCUT2D eigenvalue weighted by Crippen LogP contribution is -2.42. The Morgan fingerprint density at radius 3 is 2.35 bits per heavy atom. The van der Waals surface area contributed by atoms with Gasteiger partial charge in [-0.25, -0.2) is 0 Å². The van der Waals surface area contributed by atoms with Crippen molar-refractivity contribution in [3.8, 4) is 0 Å². The monoisotopic (exact) mass is 356 g/mol. The zero-order chi connectivity index (χ0) is 19.8. The second-order valence-electron chi connectivity index (χ2n) is 7.24. The number of fused-ring (bicyclic) bond motifs is 1. The van der Waals surface area contributed by atoms with Crippen LogP contribution < -0.4 is 5.56 Å². The fraction of sp³-hybridized carbons (Fsp3) is 0.474. The number of nitrogens with one attached hydrogen (secondary N) is 1. The molecule has 26 heavy (non-hydrogen) atoms. The van der Waals surface area contributed by atoms with Gasteiger partial charge in [-0.3, -0.25) is 19.2 Å². The Morgan fingerprint density at radius 1 is 1.19 bits per heavy atom. The largest absolute Gasteiger partial charge is 0.711 e. The summed E-state index contributed by atoms with van der Waals surface area (Å²) in [7, 11) is 0. The molecule has 1 unspecified atom stereocenters. The van der Waals surface area contributed by atoms with Gasteiger partial charge in [-0.2, -0.15) is 0 Å². The molecule has 2 rings (SSSR count). The van der Waals surface area contributed by atoms with E-state index in [1.54, 1.807) is 13.8 Å². The van der Waals surface area contributed by atoms with Crippen LogP contribution in [0.4, 0.5) is 0 Å². The van der Waals surface area contributed by atoms with Crippen molar-refractivity contribution in [2.45, 2.75) is 47.1 Å². The highest BCUT2D eigenvalue weighted by Crippen LogP contribution is 2.30. The molecule has 0 aromatic carbocycles. The normalized spacial score (nSPS) is 18.9. The number of ketones is 3. The van der Waals surface area contributed by atoms with Crippen molar-refractivity contribution in [3.63, 3.8) is 0 Å². The summed E-state index contributed by atoms with van der Waals surface area (Å²) in [5.41, 5.74) is 9.39. The van der Waals surface area contributed by atoms with Gasteiger partial charge in [-0.1, -0.05) is 26.8 Å². The first kappa shape index (κ1) is 19.6. The number of nitrogens with zero attached hydrogens (tertiary/aromatic N) is 2. The smallest absolute Gasteiger partial charge is 0.252 e. The van der Waals surface area contributed by atoms with Crippen molar-refractivity contribution in [2.24, 2.45) is 17.0 Å². The molecule has 2 atom stereocenters. The van der Waals surface area contributed by atoms with Gasteiger partial charge in [0.15, 0.2) is 11.8 Å². The highest BCUT2D eigenvalue weighted by molar-refractivity contribution is 6.53. The van der Waals surface area contributed by atoms with E-state index >= 15 is 0 Å². The molecule has 1 aromatic rings. The fourth-order valence-corrected chi connectivity index (χ4v) is 3.54. The van der Waals surface area contributed by atoms with Crippen LogP contribution >= 0.6 is 0 Å². The summed E-state index contributed by atoms with van der Waals surface area (Å²) in [6.07, 6.45) is 2.86. The van der Waals surface area contributed by atoms with E-state index in [9.17, 15) is 19.2 Å². The Kier molecular flexibility index (Phi) is 5.49. The number of aromatic nitrogens is 1. The molecule has 0 saturated carbocycles. The van der Waals surface area contributed by atoms with E-state index in [-0.39, 0.29) is 22.7 Å². The quantitative estimate of drug-likeness (QED) is 0.495. The van der Waals surface area contributed by atoms with Crippen LogP contribution in [0.15, 0.2) is 16.0 Å². The highest BCUT2D eigenvalue weighted by atomic mass is 16.2. The third-order valence-corrected chi connectivity index (χ3v) is 4.54. The van der Waals surface area contributed by atoms with Crippen molar-refractivity contribution in [1.82, 2.24) is 4.98 Å². The molecule has 0 spiro atoms. The molecule has 0 amide bonds. The van der Waals surface area contributed by atoms with Crippen molar-refractivity contribution in [1.29, 1.82) is 0 Å². The Labute approximate surface area is 151 Å².